The van der Waals surface area contributed by atoms with Crippen LogP contribution in [-0.4, -0.2) is 53.4 Å². The molecular weight excluding hydrogens is 356 g/mol. The van der Waals surface area contributed by atoms with Crippen LogP contribution in [0.3, 0.4) is 0 Å². The first kappa shape index (κ1) is 16.7. The third-order valence-electron chi connectivity index (χ3n) is 4.67. The molecule has 6 nitrogen and oxygen atoms in total. The number of para-hydroxylation sites is 2. The van der Waals surface area contributed by atoms with Gasteiger partial charge in [-0.2, -0.15) is 4.31 Å². The van der Waals surface area contributed by atoms with Crippen LogP contribution < -0.4 is 0 Å². The molecule has 0 amide bonds. The predicted molar refractivity (Wildman–Crippen MR) is 99.1 cm³/mol. The van der Waals surface area contributed by atoms with E-state index >= 15 is 0 Å². The van der Waals surface area contributed by atoms with Gasteiger partial charge in [0, 0.05) is 33.2 Å². The molecular formula is C17H20N4O2S2. The van der Waals surface area contributed by atoms with Gasteiger partial charge in [0.25, 0.3) is 10.0 Å². The van der Waals surface area contributed by atoms with Crippen LogP contribution in [0, 0.1) is 0 Å². The van der Waals surface area contributed by atoms with Gasteiger partial charge in [-0.3, -0.25) is 4.90 Å². The fourth-order valence-corrected chi connectivity index (χ4v) is 5.77. The van der Waals surface area contributed by atoms with Gasteiger partial charge in [-0.1, -0.05) is 18.2 Å². The van der Waals surface area contributed by atoms with Crippen LogP contribution in [0.2, 0.25) is 0 Å². The van der Waals surface area contributed by atoms with E-state index in [9.17, 15) is 8.42 Å². The SMILES string of the molecule is Cn1c(CN2CCN(S(=O)(=O)c3cccs3)CC2)nc2ccccc21. The number of rotatable bonds is 4. The van der Waals surface area contributed by atoms with Crippen LogP contribution in [0.15, 0.2) is 46.0 Å². The second-order valence-corrected chi connectivity index (χ2v) is 9.30. The normalized spacial score (nSPS) is 17.3. The van der Waals surface area contributed by atoms with E-state index in [1.54, 1.807) is 21.8 Å². The molecule has 0 saturated carbocycles. The molecule has 0 spiro atoms. The standard InChI is InChI=1S/C17H20N4O2S2/c1-19-15-6-3-2-5-14(15)18-16(19)13-20-8-10-21(11-9-20)25(22,23)17-7-4-12-24-17/h2-7,12H,8-11,13H2,1H3. The lowest BCUT2D eigenvalue weighted by atomic mass is 10.3. The largest absolute Gasteiger partial charge is 0.330 e. The summed E-state index contributed by atoms with van der Waals surface area (Å²) in [5.41, 5.74) is 2.12. The first-order chi connectivity index (χ1) is 12.1. The smallest absolute Gasteiger partial charge is 0.252 e. The Balaban J connectivity index is 1.44. The number of imidazole rings is 1. The molecule has 0 radical (unpaired) electrons. The van der Waals surface area contributed by atoms with Crippen LogP contribution in [0.25, 0.3) is 11.0 Å². The monoisotopic (exact) mass is 376 g/mol. The van der Waals surface area contributed by atoms with Gasteiger partial charge in [0.2, 0.25) is 0 Å². The summed E-state index contributed by atoms with van der Waals surface area (Å²) in [6.45, 7) is 3.20. The first-order valence-electron chi connectivity index (χ1n) is 8.22. The van der Waals surface area contributed by atoms with Crippen molar-refractivity contribution in [3.8, 4) is 0 Å². The fourth-order valence-electron chi connectivity index (χ4n) is 3.20. The molecule has 0 atom stereocenters. The molecule has 1 aliphatic heterocycles. The number of hydrogen-bond donors (Lipinski definition) is 0. The number of benzene rings is 1. The molecule has 0 aliphatic carbocycles. The van der Waals surface area contributed by atoms with Crippen molar-refractivity contribution in [1.29, 1.82) is 0 Å². The summed E-state index contributed by atoms with van der Waals surface area (Å²) in [7, 11) is -1.31. The van der Waals surface area contributed by atoms with Crippen LogP contribution in [0.5, 0.6) is 0 Å². The molecule has 0 N–H and O–H groups in total. The summed E-state index contributed by atoms with van der Waals surface area (Å²) >= 11 is 1.27. The zero-order chi connectivity index (χ0) is 17.4. The molecule has 2 aromatic heterocycles. The van der Waals surface area contributed by atoms with E-state index in [1.165, 1.54) is 11.3 Å². The van der Waals surface area contributed by atoms with Gasteiger partial charge in [0.05, 0.1) is 17.6 Å². The van der Waals surface area contributed by atoms with E-state index in [2.05, 4.69) is 15.5 Å². The molecule has 8 heteroatoms. The highest BCUT2D eigenvalue weighted by Gasteiger charge is 2.29. The number of fused-ring (bicyclic) bond motifs is 1. The zero-order valence-corrected chi connectivity index (χ0v) is 15.6. The fraction of sp³-hybridized carbons (Fsp3) is 0.353. The van der Waals surface area contributed by atoms with Crippen LogP contribution in [-0.2, 0) is 23.6 Å². The highest BCUT2D eigenvalue weighted by Crippen LogP contribution is 2.23. The molecule has 3 heterocycles. The van der Waals surface area contributed by atoms with E-state index in [-0.39, 0.29) is 0 Å². The van der Waals surface area contributed by atoms with Gasteiger partial charge >= 0.3 is 0 Å². The Labute approximate surface area is 151 Å². The van der Waals surface area contributed by atoms with Crippen molar-refractivity contribution in [2.24, 2.45) is 7.05 Å². The van der Waals surface area contributed by atoms with Gasteiger partial charge in [-0.05, 0) is 23.6 Å². The van der Waals surface area contributed by atoms with Gasteiger partial charge in [0.15, 0.2) is 0 Å². The molecule has 25 heavy (non-hydrogen) atoms. The maximum absolute atomic E-state index is 12.6. The second kappa shape index (κ2) is 6.53. The van der Waals surface area contributed by atoms with E-state index in [0.29, 0.717) is 30.4 Å². The number of aryl methyl sites for hydroxylation is 1. The Morgan fingerprint density at radius 2 is 1.84 bits per heavy atom. The third kappa shape index (κ3) is 3.10. The Morgan fingerprint density at radius 3 is 2.52 bits per heavy atom. The Hall–Kier alpha value is -1.74. The van der Waals surface area contributed by atoms with E-state index in [1.807, 2.05) is 25.2 Å². The summed E-state index contributed by atoms with van der Waals surface area (Å²) in [5.74, 6) is 1.01. The minimum absolute atomic E-state index is 0.427. The van der Waals surface area contributed by atoms with Crippen molar-refractivity contribution in [3.63, 3.8) is 0 Å². The minimum Gasteiger partial charge on any atom is -0.330 e. The highest BCUT2D eigenvalue weighted by atomic mass is 32.2. The van der Waals surface area contributed by atoms with Gasteiger partial charge < -0.3 is 4.57 Å². The Bertz CT molecular complexity index is 971. The zero-order valence-electron chi connectivity index (χ0n) is 14.0. The summed E-state index contributed by atoms with van der Waals surface area (Å²) in [5, 5.41) is 1.80. The van der Waals surface area contributed by atoms with Crippen molar-refractivity contribution in [3.05, 3.63) is 47.6 Å². The Morgan fingerprint density at radius 1 is 1.08 bits per heavy atom. The summed E-state index contributed by atoms with van der Waals surface area (Å²) in [6, 6.07) is 11.5. The molecule has 1 aliphatic rings. The highest BCUT2D eigenvalue weighted by molar-refractivity contribution is 7.91. The van der Waals surface area contributed by atoms with Crippen molar-refractivity contribution in [1.82, 2.24) is 18.8 Å². The van der Waals surface area contributed by atoms with E-state index in [0.717, 1.165) is 23.4 Å². The third-order valence-corrected chi connectivity index (χ3v) is 7.94. The molecule has 0 unspecified atom stereocenters. The molecule has 1 fully saturated rings. The number of aromatic nitrogens is 2. The van der Waals surface area contributed by atoms with Gasteiger partial charge in [-0.15, -0.1) is 11.3 Å². The second-order valence-electron chi connectivity index (χ2n) is 6.19. The summed E-state index contributed by atoms with van der Waals surface area (Å²) in [6.07, 6.45) is 0. The predicted octanol–water partition coefficient (Wildman–Crippen LogP) is 2.14. The van der Waals surface area contributed by atoms with Crippen molar-refractivity contribution >= 4 is 32.4 Å². The van der Waals surface area contributed by atoms with E-state index < -0.39 is 10.0 Å². The molecule has 1 aromatic carbocycles. The quantitative estimate of drug-likeness (QED) is 0.700. The molecule has 0 bridgehead atoms. The molecule has 1 saturated heterocycles. The minimum atomic E-state index is -3.34. The number of nitrogens with zero attached hydrogens (tertiary/aromatic N) is 4. The average Bonchev–Trinajstić information content (AvgIpc) is 3.26. The average molecular weight is 377 g/mol. The summed E-state index contributed by atoms with van der Waals surface area (Å²) < 4.78 is 29.3. The molecule has 4 rings (SSSR count). The van der Waals surface area contributed by atoms with Crippen LogP contribution in [0.4, 0.5) is 0 Å². The number of sulfonamides is 1. The number of hydrogen-bond acceptors (Lipinski definition) is 5. The topological polar surface area (TPSA) is 58.4 Å². The van der Waals surface area contributed by atoms with Crippen molar-refractivity contribution in [2.75, 3.05) is 26.2 Å². The first-order valence-corrected chi connectivity index (χ1v) is 10.5. The number of thiophene rings is 1. The molecule has 3 aromatic rings. The van der Waals surface area contributed by atoms with E-state index in [4.69, 9.17) is 4.98 Å². The van der Waals surface area contributed by atoms with Crippen LogP contribution in [0.1, 0.15) is 5.82 Å². The maximum Gasteiger partial charge on any atom is 0.252 e. The summed E-state index contributed by atoms with van der Waals surface area (Å²) in [4.78, 5) is 6.97. The lowest BCUT2D eigenvalue weighted by molar-refractivity contribution is 0.177. The maximum atomic E-state index is 12.6. The Kier molecular flexibility index (Phi) is 4.36. The molecule has 132 valence electrons. The van der Waals surface area contributed by atoms with Gasteiger partial charge in [0.1, 0.15) is 10.0 Å². The van der Waals surface area contributed by atoms with Crippen molar-refractivity contribution < 1.29 is 8.42 Å². The lowest BCUT2D eigenvalue weighted by Gasteiger charge is -2.33. The van der Waals surface area contributed by atoms with Crippen LogP contribution >= 0.6 is 11.3 Å². The van der Waals surface area contributed by atoms with Crippen molar-refractivity contribution in [2.45, 2.75) is 10.8 Å². The lowest BCUT2D eigenvalue weighted by Crippen LogP contribution is -2.48. The number of piperazine rings is 1. The van der Waals surface area contributed by atoms with Gasteiger partial charge in [-0.25, -0.2) is 13.4 Å².